The standard InChI is InChI=1S/C7H12O4.C7H8O3/c1-5(2)7(10)11-4-6(9)3-8;1-4-6(8)10-7(9)5(2)3/h6,8-9H,1,3-4H2,2H3;4H,1-2H2,3H3. The van der Waals surface area contributed by atoms with Gasteiger partial charge in [0.2, 0.25) is 0 Å². The molecule has 7 nitrogen and oxygen atoms in total. The molecule has 0 amide bonds. The number of ether oxygens (including phenoxy) is 2. The predicted molar refractivity (Wildman–Crippen MR) is 75.0 cm³/mol. The fourth-order valence-electron chi connectivity index (χ4n) is 0.568. The lowest BCUT2D eigenvalue weighted by molar-refractivity contribution is -0.153. The molecule has 1 atom stereocenters. The van der Waals surface area contributed by atoms with Gasteiger partial charge in [0.25, 0.3) is 0 Å². The van der Waals surface area contributed by atoms with Crippen LogP contribution in [-0.2, 0) is 23.9 Å². The minimum Gasteiger partial charge on any atom is -0.460 e. The smallest absolute Gasteiger partial charge is 0.340 e. The Morgan fingerprint density at radius 1 is 1.14 bits per heavy atom. The van der Waals surface area contributed by atoms with Crippen LogP contribution in [0.4, 0.5) is 0 Å². The Hall–Kier alpha value is -2.25. The summed E-state index contributed by atoms with van der Waals surface area (Å²) in [5, 5.41) is 17.1. The molecule has 0 aliphatic carbocycles. The van der Waals surface area contributed by atoms with E-state index in [1.165, 1.54) is 13.8 Å². The van der Waals surface area contributed by atoms with Crippen molar-refractivity contribution in [1.82, 2.24) is 0 Å². The van der Waals surface area contributed by atoms with Crippen LogP contribution in [0.1, 0.15) is 13.8 Å². The van der Waals surface area contributed by atoms with E-state index < -0.39 is 30.6 Å². The first-order valence-corrected chi connectivity index (χ1v) is 5.81. The second-order valence-corrected chi connectivity index (χ2v) is 3.91. The summed E-state index contributed by atoms with van der Waals surface area (Å²) in [7, 11) is 0. The third-order valence-corrected chi connectivity index (χ3v) is 1.67. The highest BCUT2D eigenvalue weighted by atomic mass is 16.6. The van der Waals surface area contributed by atoms with Crippen LogP contribution in [0.15, 0.2) is 37.0 Å². The number of hydrogen-bond donors (Lipinski definition) is 2. The normalized spacial score (nSPS) is 10.3. The van der Waals surface area contributed by atoms with Crippen molar-refractivity contribution in [3.8, 4) is 0 Å². The zero-order valence-electron chi connectivity index (χ0n) is 12.1. The first-order chi connectivity index (χ1) is 9.65. The van der Waals surface area contributed by atoms with E-state index in [9.17, 15) is 14.4 Å². The molecule has 21 heavy (non-hydrogen) atoms. The number of esters is 3. The maximum atomic E-state index is 10.6. The average molecular weight is 300 g/mol. The molecule has 0 aromatic heterocycles. The molecule has 7 heteroatoms. The Labute approximate surface area is 123 Å². The van der Waals surface area contributed by atoms with Gasteiger partial charge in [-0.15, -0.1) is 0 Å². The first kappa shape index (κ1) is 21.1. The van der Waals surface area contributed by atoms with E-state index in [0.717, 1.165) is 6.08 Å². The summed E-state index contributed by atoms with van der Waals surface area (Å²) in [5.74, 6) is -2.03. The molecule has 0 saturated carbocycles. The second kappa shape index (κ2) is 11.6. The minimum absolute atomic E-state index is 0.190. The van der Waals surface area contributed by atoms with Crippen LogP contribution in [0.2, 0.25) is 0 Å². The van der Waals surface area contributed by atoms with Crippen molar-refractivity contribution in [3.63, 3.8) is 0 Å². The van der Waals surface area contributed by atoms with Crippen molar-refractivity contribution in [2.24, 2.45) is 0 Å². The Morgan fingerprint density at radius 2 is 1.62 bits per heavy atom. The SMILES string of the molecule is C=C(C)C(=O)OCC(O)CO.C=CC(=O)OC(=O)C(=C)C. The van der Waals surface area contributed by atoms with Gasteiger partial charge < -0.3 is 19.7 Å². The average Bonchev–Trinajstić information content (AvgIpc) is 2.44. The van der Waals surface area contributed by atoms with Gasteiger partial charge in [0.1, 0.15) is 12.7 Å². The summed E-state index contributed by atoms with van der Waals surface area (Å²) in [6.07, 6.45) is -0.0841. The summed E-state index contributed by atoms with van der Waals surface area (Å²) >= 11 is 0. The molecule has 0 spiro atoms. The van der Waals surface area contributed by atoms with E-state index >= 15 is 0 Å². The van der Waals surface area contributed by atoms with Gasteiger partial charge in [-0.25, -0.2) is 14.4 Å². The molecule has 0 aromatic rings. The highest BCUT2D eigenvalue weighted by Gasteiger charge is 2.07. The number of carbonyl (C=O) groups is 3. The molecule has 0 aromatic carbocycles. The number of hydrogen-bond acceptors (Lipinski definition) is 7. The van der Waals surface area contributed by atoms with Gasteiger partial charge >= 0.3 is 17.9 Å². The van der Waals surface area contributed by atoms with Crippen molar-refractivity contribution in [3.05, 3.63) is 37.0 Å². The summed E-state index contributed by atoms with van der Waals surface area (Å²) in [6.45, 7) is 12.1. The van der Waals surface area contributed by atoms with E-state index in [4.69, 9.17) is 10.2 Å². The quantitative estimate of drug-likeness (QED) is 0.412. The highest BCUT2D eigenvalue weighted by Crippen LogP contribution is 1.93. The van der Waals surface area contributed by atoms with E-state index in [1.807, 2.05) is 0 Å². The zero-order chi connectivity index (χ0) is 17.0. The largest absolute Gasteiger partial charge is 0.460 e. The lowest BCUT2D eigenvalue weighted by atomic mass is 10.3. The van der Waals surface area contributed by atoms with Gasteiger partial charge in [-0.05, 0) is 13.8 Å². The molecule has 0 radical (unpaired) electrons. The summed E-state index contributed by atoms with van der Waals surface area (Å²) in [6, 6.07) is 0. The van der Waals surface area contributed by atoms with Gasteiger partial charge in [0, 0.05) is 17.2 Å². The van der Waals surface area contributed by atoms with E-state index in [1.54, 1.807) is 0 Å². The zero-order valence-corrected chi connectivity index (χ0v) is 12.1. The van der Waals surface area contributed by atoms with Gasteiger partial charge in [-0.1, -0.05) is 19.7 Å². The molecule has 0 aliphatic heterocycles. The molecular weight excluding hydrogens is 280 g/mol. The molecular formula is C14H20O7. The topological polar surface area (TPSA) is 110 Å². The van der Waals surface area contributed by atoms with Gasteiger partial charge in [0.15, 0.2) is 0 Å². The molecule has 0 aliphatic rings. The van der Waals surface area contributed by atoms with Crippen LogP contribution in [0.5, 0.6) is 0 Å². The lowest BCUT2D eigenvalue weighted by Crippen LogP contribution is -2.22. The van der Waals surface area contributed by atoms with Crippen LogP contribution in [0.25, 0.3) is 0 Å². The van der Waals surface area contributed by atoms with Crippen molar-refractivity contribution in [2.45, 2.75) is 20.0 Å². The van der Waals surface area contributed by atoms with Crippen LogP contribution in [0, 0.1) is 0 Å². The molecule has 0 saturated heterocycles. The molecule has 0 fully saturated rings. The predicted octanol–water partition coefficient (Wildman–Crippen LogP) is 0.277. The van der Waals surface area contributed by atoms with Crippen LogP contribution in [0.3, 0.4) is 0 Å². The van der Waals surface area contributed by atoms with Crippen LogP contribution >= 0.6 is 0 Å². The third-order valence-electron chi connectivity index (χ3n) is 1.67. The molecule has 0 bridgehead atoms. The Balaban J connectivity index is 0. The first-order valence-electron chi connectivity index (χ1n) is 5.81. The molecule has 1 unspecified atom stereocenters. The van der Waals surface area contributed by atoms with Crippen molar-refractivity contribution in [2.75, 3.05) is 13.2 Å². The Kier molecular flexibility index (Phi) is 11.6. The summed E-state index contributed by atoms with van der Waals surface area (Å²) in [5.41, 5.74) is 0.463. The molecule has 0 rings (SSSR count). The molecule has 118 valence electrons. The van der Waals surface area contributed by atoms with Crippen molar-refractivity contribution >= 4 is 17.9 Å². The lowest BCUT2D eigenvalue weighted by Gasteiger charge is -2.07. The minimum atomic E-state index is -1.00. The second-order valence-electron chi connectivity index (χ2n) is 3.91. The van der Waals surface area contributed by atoms with Gasteiger partial charge in [0.05, 0.1) is 6.61 Å². The van der Waals surface area contributed by atoms with Gasteiger partial charge in [-0.3, -0.25) is 0 Å². The maximum absolute atomic E-state index is 10.6. The van der Waals surface area contributed by atoms with E-state index in [0.29, 0.717) is 0 Å². The Bertz CT molecular complexity index is 423. The highest BCUT2D eigenvalue weighted by molar-refractivity contribution is 5.98. The fourth-order valence-corrected chi connectivity index (χ4v) is 0.568. The third kappa shape index (κ3) is 12.5. The van der Waals surface area contributed by atoms with Crippen molar-refractivity contribution in [1.29, 1.82) is 0 Å². The van der Waals surface area contributed by atoms with E-state index in [-0.39, 0.29) is 17.8 Å². The summed E-state index contributed by atoms with van der Waals surface area (Å²) < 4.78 is 8.67. The molecule has 2 N–H and O–H groups in total. The number of rotatable bonds is 6. The Morgan fingerprint density at radius 3 is 1.95 bits per heavy atom. The van der Waals surface area contributed by atoms with E-state index in [2.05, 4.69) is 29.2 Å². The summed E-state index contributed by atoms with van der Waals surface area (Å²) in [4.78, 5) is 31.5. The van der Waals surface area contributed by atoms with Gasteiger partial charge in [-0.2, -0.15) is 0 Å². The van der Waals surface area contributed by atoms with Crippen molar-refractivity contribution < 1.29 is 34.1 Å². The number of aliphatic hydroxyl groups excluding tert-OH is 2. The molecule has 0 heterocycles. The van der Waals surface area contributed by atoms with Crippen LogP contribution < -0.4 is 0 Å². The van der Waals surface area contributed by atoms with Crippen LogP contribution in [-0.4, -0.2) is 47.4 Å². The maximum Gasteiger partial charge on any atom is 0.340 e. The monoisotopic (exact) mass is 300 g/mol. The number of carbonyl (C=O) groups excluding carboxylic acids is 3. The number of aliphatic hydroxyl groups is 2. The fraction of sp³-hybridized carbons (Fsp3) is 0.357.